The number of hydrogen-bond acceptors (Lipinski definition) is 8. The lowest BCUT2D eigenvalue weighted by Gasteiger charge is -2.40. The Balaban J connectivity index is 1.85. The molecule has 43 heavy (non-hydrogen) atoms. The molecule has 1 amide bonds. The highest BCUT2D eigenvalue weighted by Gasteiger charge is 2.32. The second kappa shape index (κ2) is 11.3. The van der Waals surface area contributed by atoms with Crippen LogP contribution in [-0.2, 0) is 14.6 Å². The average molecular weight is 609 g/mol. The highest BCUT2D eigenvalue weighted by atomic mass is 32.2. The molecule has 0 N–H and O–H groups in total. The molecule has 0 saturated carbocycles. The maximum atomic E-state index is 15.8. The molecule has 1 atom stereocenters. The second-order valence-electron chi connectivity index (χ2n) is 10.6. The fourth-order valence-electron chi connectivity index (χ4n) is 5.20. The number of benzene rings is 1. The van der Waals surface area contributed by atoms with Gasteiger partial charge in [-0.3, -0.25) is 4.79 Å². The molecule has 1 aliphatic rings. The number of halogens is 2. The van der Waals surface area contributed by atoms with Crippen molar-refractivity contribution < 1.29 is 22.0 Å². The van der Waals surface area contributed by atoms with Gasteiger partial charge in [-0.25, -0.2) is 36.5 Å². The quantitative estimate of drug-likeness (QED) is 0.303. The van der Waals surface area contributed by atoms with Crippen LogP contribution in [0.2, 0.25) is 0 Å². The number of anilines is 1. The summed E-state index contributed by atoms with van der Waals surface area (Å²) in [4.78, 5) is 42.5. The van der Waals surface area contributed by atoms with Gasteiger partial charge in [0.2, 0.25) is 5.91 Å². The predicted octanol–water partition coefficient (Wildman–Crippen LogP) is 3.83. The van der Waals surface area contributed by atoms with Crippen LogP contribution in [0.5, 0.6) is 0 Å². The van der Waals surface area contributed by atoms with Crippen molar-refractivity contribution in [3.63, 3.8) is 0 Å². The molecule has 0 radical (unpaired) electrons. The van der Waals surface area contributed by atoms with Gasteiger partial charge in [-0.15, -0.1) is 0 Å². The Kier molecular flexibility index (Phi) is 7.86. The monoisotopic (exact) mass is 608 g/mol. The van der Waals surface area contributed by atoms with E-state index in [-0.39, 0.29) is 57.3 Å². The predicted molar refractivity (Wildman–Crippen MR) is 159 cm³/mol. The summed E-state index contributed by atoms with van der Waals surface area (Å²) in [5.41, 5.74) is -1.19. The van der Waals surface area contributed by atoms with Crippen LogP contribution < -0.4 is 10.6 Å². The summed E-state index contributed by atoms with van der Waals surface area (Å²) in [5, 5.41) is -1.13. The molecule has 0 aliphatic carbocycles. The summed E-state index contributed by atoms with van der Waals surface area (Å²) < 4.78 is 58.5. The van der Waals surface area contributed by atoms with Crippen molar-refractivity contribution in [2.24, 2.45) is 0 Å². The van der Waals surface area contributed by atoms with Gasteiger partial charge in [-0.05, 0) is 63.6 Å². The third-order valence-corrected chi connectivity index (χ3v) is 9.60. The third kappa shape index (κ3) is 5.18. The number of hydrogen-bond donors (Lipinski definition) is 0. The molecule has 4 heterocycles. The molecule has 1 aromatic carbocycles. The number of nitrogens with zero attached hydrogens (tertiary/aromatic N) is 6. The van der Waals surface area contributed by atoms with E-state index in [1.165, 1.54) is 44.3 Å². The zero-order chi connectivity index (χ0) is 31.2. The van der Waals surface area contributed by atoms with E-state index in [0.717, 1.165) is 16.7 Å². The minimum absolute atomic E-state index is 0.0710. The normalized spacial score (nSPS) is 15.7. The van der Waals surface area contributed by atoms with E-state index in [4.69, 9.17) is 0 Å². The molecule has 0 unspecified atom stereocenters. The number of sulfone groups is 1. The molecule has 1 saturated heterocycles. The van der Waals surface area contributed by atoms with Crippen LogP contribution >= 0.6 is 0 Å². The van der Waals surface area contributed by atoms with Crippen LogP contribution in [0, 0.1) is 18.6 Å². The molecule has 13 heteroatoms. The van der Waals surface area contributed by atoms with E-state index >= 15 is 4.39 Å². The molecule has 4 aromatic rings. The van der Waals surface area contributed by atoms with Crippen LogP contribution in [-0.4, -0.2) is 69.7 Å². The number of aromatic nitrogens is 4. The van der Waals surface area contributed by atoms with E-state index in [1.54, 1.807) is 22.8 Å². The van der Waals surface area contributed by atoms with E-state index in [9.17, 15) is 22.4 Å². The molecule has 10 nitrogen and oxygen atoms in total. The number of amides is 1. The molecule has 1 aliphatic heterocycles. The first-order valence-corrected chi connectivity index (χ1v) is 15.2. The number of piperazine rings is 1. The minimum Gasteiger partial charge on any atom is -0.350 e. The van der Waals surface area contributed by atoms with Gasteiger partial charge < -0.3 is 9.80 Å². The molecular weight excluding hydrogens is 578 g/mol. The van der Waals surface area contributed by atoms with Crippen molar-refractivity contribution in [2.75, 3.05) is 24.5 Å². The molecule has 5 rings (SSSR count). The van der Waals surface area contributed by atoms with E-state index in [1.807, 2.05) is 6.92 Å². The van der Waals surface area contributed by atoms with Gasteiger partial charge in [0.15, 0.2) is 20.5 Å². The number of carbonyl (C=O) groups is 1. The maximum absolute atomic E-state index is 15.8. The van der Waals surface area contributed by atoms with Crippen molar-refractivity contribution in [3.05, 3.63) is 82.9 Å². The molecule has 224 valence electrons. The number of aryl methyl sites for hydroxylation is 1. The first-order valence-electron chi connectivity index (χ1n) is 13.6. The fourth-order valence-corrected chi connectivity index (χ4v) is 6.37. The summed E-state index contributed by atoms with van der Waals surface area (Å²) in [6, 6.07) is 7.83. The summed E-state index contributed by atoms with van der Waals surface area (Å²) in [5.74, 6) is -1.73. The van der Waals surface area contributed by atoms with Crippen molar-refractivity contribution >= 4 is 32.6 Å². The van der Waals surface area contributed by atoms with Gasteiger partial charge in [-0.2, -0.15) is 4.98 Å². The smallest absolute Gasteiger partial charge is 0.350 e. The van der Waals surface area contributed by atoms with Gasteiger partial charge in [0.25, 0.3) is 0 Å². The second-order valence-corrected chi connectivity index (χ2v) is 13.0. The van der Waals surface area contributed by atoms with Crippen molar-refractivity contribution in [1.29, 1.82) is 0 Å². The molecule has 1 fully saturated rings. The summed E-state index contributed by atoms with van der Waals surface area (Å²) in [7, 11) is -4.01. The number of pyridine rings is 2. The van der Waals surface area contributed by atoms with Crippen molar-refractivity contribution in [1.82, 2.24) is 24.4 Å². The van der Waals surface area contributed by atoms with E-state index in [0.29, 0.717) is 18.7 Å². The SMILES string of the molecule is C=CC(=O)N1CCN(c2nc(=O)n(-c3c(C)ccnc3S(=O)(=O)C(C)C)c3nc(-c4ccccc4F)c(F)cc23)[C@@H](C)C1. The van der Waals surface area contributed by atoms with Gasteiger partial charge in [0.1, 0.15) is 23.1 Å². The lowest BCUT2D eigenvalue weighted by Crippen LogP contribution is -2.54. The van der Waals surface area contributed by atoms with E-state index in [2.05, 4.69) is 21.5 Å². The first-order chi connectivity index (χ1) is 20.4. The Morgan fingerprint density at radius 2 is 1.84 bits per heavy atom. The zero-order valence-electron chi connectivity index (χ0n) is 24.1. The molecular formula is C30H30F2N6O4S. The topological polar surface area (TPSA) is 118 Å². The van der Waals surface area contributed by atoms with Gasteiger partial charge >= 0.3 is 5.69 Å². The highest BCUT2D eigenvalue weighted by molar-refractivity contribution is 7.92. The molecule has 3 aromatic heterocycles. The van der Waals surface area contributed by atoms with Gasteiger partial charge in [0, 0.05) is 37.4 Å². The first kappa shape index (κ1) is 30.0. The Morgan fingerprint density at radius 1 is 1.12 bits per heavy atom. The number of rotatable bonds is 6. The average Bonchev–Trinajstić information content (AvgIpc) is 2.97. The summed E-state index contributed by atoms with van der Waals surface area (Å²) in [6.07, 6.45) is 2.55. The van der Waals surface area contributed by atoms with Crippen molar-refractivity contribution in [2.45, 2.75) is 44.0 Å². The summed E-state index contributed by atoms with van der Waals surface area (Å²) >= 11 is 0. The van der Waals surface area contributed by atoms with Crippen molar-refractivity contribution in [3.8, 4) is 16.9 Å². The standard InChI is InChI=1S/C30H30F2N6O4S/c1-6-24(39)36-13-14-37(19(5)16-36)27-21-15-23(32)25(20-9-7-8-10-22(20)31)34-28(21)38(30(40)35-27)26-18(4)11-12-33-29(26)43(41,42)17(2)3/h6-12,15,17,19H,1,13-14,16H2,2-5H3/t19-/m0/s1. The Labute approximate surface area is 247 Å². The van der Waals surface area contributed by atoms with Crippen LogP contribution in [0.3, 0.4) is 0 Å². The Bertz CT molecular complexity index is 1940. The van der Waals surface area contributed by atoms with Gasteiger partial charge in [-0.1, -0.05) is 18.7 Å². The highest BCUT2D eigenvalue weighted by Crippen LogP contribution is 2.34. The zero-order valence-corrected chi connectivity index (χ0v) is 24.9. The number of carbonyl (C=O) groups excluding carboxylic acids is 1. The lowest BCUT2D eigenvalue weighted by atomic mass is 10.1. The lowest BCUT2D eigenvalue weighted by molar-refractivity contribution is -0.126. The van der Waals surface area contributed by atoms with E-state index < -0.39 is 32.4 Å². The van der Waals surface area contributed by atoms with Crippen LogP contribution in [0.4, 0.5) is 14.6 Å². The summed E-state index contributed by atoms with van der Waals surface area (Å²) in [6.45, 7) is 10.8. The molecule has 0 spiro atoms. The van der Waals surface area contributed by atoms with Gasteiger partial charge in [0.05, 0.1) is 16.3 Å². The van der Waals surface area contributed by atoms with Crippen LogP contribution in [0.15, 0.2) is 65.1 Å². The molecule has 0 bridgehead atoms. The fraction of sp³-hybridized carbons (Fsp3) is 0.300. The van der Waals surface area contributed by atoms with Crippen LogP contribution in [0.25, 0.3) is 28.0 Å². The largest absolute Gasteiger partial charge is 0.355 e. The third-order valence-electron chi connectivity index (χ3n) is 7.52. The number of fused-ring (bicyclic) bond motifs is 1. The Morgan fingerprint density at radius 3 is 2.49 bits per heavy atom. The Hall–Kier alpha value is -4.52. The minimum atomic E-state index is -4.01. The maximum Gasteiger partial charge on any atom is 0.355 e. The van der Waals surface area contributed by atoms with Crippen LogP contribution in [0.1, 0.15) is 26.3 Å².